The summed E-state index contributed by atoms with van der Waals surface area (Å²) in [6.45, 7) is -0.526. The van der Waals surface area contributed by atoms with Gasteiger partial charge in [0, 0.05) is 12.3 Å². The van der Waals surface area contributed by atoms with E-state index >= 15 is 0 Å². The highest BCUT2D eigenvalue weighted by Gasteiger charge is 2.38. The Morgan fingerprint density at radius 3 is 2.31 bits per heavy atom. The molecule has 11 nitrogen and oxygen atoms in total. The van der Waals surface area contributed by atoms with Crippen LogP contribution in [0.3, 0.4) is 0 Å². The van der Waals surface area contributed by atoms with E-state index in [1.54, 1.807) is 12.1 Å². The number of rotatable bonds is 10. The molecule has 32 heavy (non-hydrogen) atoms. The first-order chi connectivity index (χ1) is 15.2. The highest BCUT2D eigenvalue weighted by molar-refractivity contribution is 7.80. The van der Waals surface area contributed by atoms with Gasteiger partial charge in [0.1, 0.15) is 23.9 Å². The maximum Gasteiger partial charge on any atom is 0.326 e. The van der Waals surface area contributed by atoms with Gasteiger partial charge in [-0.15, -0.1) is 0 Å². The van der Waals surface area contributed by atoms with E-state index in [0.717, 1.165) is 4.90 Å². The lowest BCUT2D eigenvalue weighted by Crippen LogP contribution is -2.58. The van der Waals surface area contributed by atoms with Gasteiger partial charge in [0.2, 0.25) is 17.7 Å². The maximum atomic E-state index is 12.6. The molecule has 1 heterocycles. The van der Waals surface area contributed by atoms with Gasteiger partial charge in [-0.05, 0) is 37.0 Å². The Labute approximate surface area is 190 Å². The summed E-state index contributed by atoms with van der Waals surface area (Å²) >= 11 is 4.06. The number of aliphatic hydroxyl groups excluding tert-OH is 1. The van der Waals surface area contributed by atoms with Crippen molar-refractivity contribution in [1.82, 2.24) is 15.5 Å². The van der Waals surface area contributed by atoms with Gasteiger partial charge in [0.15, 0.2) is 0 Å². The fourth-order valence-electron chi connectivity index (χ4n) is 3.40. The molecule has 0 spiro atoms. The van der Waals surface area contributed by atoms with Crippen LogP contribution in [-0.4, -0.2) is 87.0 Å². The summed E-state index contributed by atoms with van der Waals surface area (Å²) in [7, 11) is 0. The monoisotopic (exact) mass is 468 g/mol. The maximum absolute atomic E-state index is 12.6. The van der Waals surface area contributed by atoms with Crippen LogP contribution in [0.25, 0.3) is 0 Å². The van der Waals surface area contributed by atoms with Gasteiger partial charge < -0.3 is 36.6 Å². The number of likely N-dealkylation sites (tertiary alicyclic amines) is 1. The molecule has 0 aliphatic carbocycles. The molecule has 1 saturated heterocycles. The molecule has 1 aliphatic rings. The van der Waals surface area contributed by atoms with Crippen LogP contribution in [0.5, 0.6) is 5.75 Å². The van der Waals surface area contributed by atoms with E-state index < -0.39 is 54.5 Å². The molecule has 0 bridgehead atoms. The largest absolute Gasteiger partial charge is 0.508 e. The summed E-state index contributed by atoms with van der Waals surface area (Å²) in [5.74, 6) is -3.26. The molecule has 1 aliphatic heterocycles. The summed E-state index contributed by atoms with van der Waals surface area (Å²) < 4.78 is 0. The van der Waals surface area contributed by atoms with Crippen molar-refractivity contribution in [3.8, 4) is 5.75 Å². The summed E-state index contributed by atoms with van der Waals surface area (Å²) in [5.41, 5.74) is 6.61. The molecule has 1 aromatic carbocycles. The number of aliphatic carboxylic acids is 1. The lowest BCUT2D eigenvalue weighted by molar-refractivity contribution is -0.150. The number of thiol groups is 1. The van der Waals surface area contributed by atoms with Crippen LogP contribution in [-0.2, 0) is 25.6 Å². The van der Waals surface area contributed by atoms with Crippen molar-refractivity contribution in [2.75, 3.05) is 18.9 Å². The molecule has 1 aromatic rings. The molecule has 7 N–H and O–H groups in total. The van der Waals surface area contributed by atoms with E-state index in [-0.39, 0.29) is 24.5 Å². The molecular formula is C20H28N4O7S. The number of nitrogens with one attached hydrogen (secondary N) is 2. The van der Waals surface area contributed by atoms with Crippen molar-refractivity contribution in [3.05, 3.63) is 29.8 Å². The number of aromatic hydroxyl groups is 1. The van der Waals surface area contributed by atoms with Crippen LogP contribution in [0.2, 0.25) is 0 Å². The Morgan fingerprint density at radius 2 is 1.75 bits per heavy atom. The van der Waals surface area contributed by atoms with Gasteiger partial charge in [0.05, 0.1) is 12.6 Å². The first-order valence-electron chi connectivity index (χ1n) is 10.1. The van der Waals surface area contributed by atoms with Crippen molar-refractivity contribution < 1.29 is 34.5 Å². The first kappa shape index (κ1) is 25.4. The normalized spacial score (nSPS) is 18.5. The molecule has 1 fully saturated rings. The lowest BCUT2D eigenvalue weighted by Gasteiger charge is -2.27. The van der Waals surface area contributed by atoms with Crippen molar-refractivity contribution in [1.29, 1.82) is 0 Å². The number of hydrogen-bond donors (Lipinski definition) is 7. The molecule has 12 heteroatoms. The SMILES string of the molecule is NC(Cc1ccc(O)cc1)C(=O)NC(CS)C(=O)NC(CO)C(=O)N1CCCC1C(=O)O. The number of carbonyl (C=O) groups excluding carboxylic acids is 3. The number of phenolic OH excluding ortho intramolecular Hbond substituents is 1. The number of amides is 3. The van der Waals surface area contributed by atoms with Crippen LogP contribution >= 0.6 is 12.6 Å². The van der Waals surface area contributed by atoms with E-state index in [4.69, 9.17) is 5.73 Å². The van der Waals surface area contributed by atoms with Gasteiger partial charge in [0.25, 0.3) is 0 Å². The smallest absolute Gasteiger partial charge is 0.326 e. The zero-order chi connectivity index (χ0) is 23.8. The predicted octanol–water partition coefficient (Wildman–Crippen LogP) is -1.77. The fourth-order valence-corrected chi connectivity index (χ4v) is 3.65. The van der Waals surface area contributed by atoms with E-state index in [1.807, 2.05) is 0 Å². The third-order valence-electron chi connectivity index (χ3n) is 5.16. The van der Waals surface area contributed by atoms with Crippen LogP contribution in [0, 0.1) is 0 Å². The molecule has 2 rings (SSSR count). The van der Waals surface area contributed by atoms with Gasteiger partial charge >= 0.3 is 5.97 Å². The number of carbonyl (C=O) groups is 4. The number of hydrogen-bond acceptors (Lipinski definition) is 8. The van der Waals surface area contributed by atoms with Crippen LogP contribution in [0.4, 0.5) is 0 Å². The molecule has 0 radical (unpaired) electrons. The van der Waals surface area contributed by atoms with Crippen molar-refractivity contribution >= 4 is 36.3 Å². The van der Waals surface area contributed by atoms with Crippen molar-refractivity contribution in [2.45, 2.75) is 43.4 Å². The van der Waals surface area contributed by atoms with Gasteiger partial charge in [-0.25, -0.2) is 4.79 Å². The van der Waals surface area contributed by atoms with E-state index in [9.17, 15) is 34.5 Å². The average Bonchev–Trinajstić information content (AvgIpc) is 3.26. The minimum atomic E-state index is -1.35. The fraction of sp³-hybridized carbons (Fsp3) is 0.500. The Kier molecular flexibility index (Phi) is 9.29. The standard InChI is InChI=1S/C20H28N4O7S/c21-13(8-11-3-5-12(26)6-4-11)17(27)23-15(10-32)18(28)22-14(9-25)19(29)24-7-1-2-16(24)20(30)31/h3-6,13-16,25-26,32H,1-2,7-10,21H2,(H,22,28)(H,23,27)(H,30,31). The van der Waals surface area contributed by atoms with Crippen LogP contribution < -0.4 is 16.4 Å². The zero-order valence-electron chi connectivity index (χ0n) is 17.3. The zero-order valence-corrected chi connectivity index (χ0v) is 18.2. The van der Waals surface area contributed by atoms with Gasteiger partial charge in [-0.2, -0.15) is 12.6 Å². The molecule has 176 valence electrons. The number of aliphatic hydroxyl groups is 1. The topological polar surface area (TPSA) is 182 Å². The molecule has 3 amide bonds. The summed E-state index contributed by atoms with van der Waals surface area (Å²) in [6, 6.07) is 1.69. The number of nitrogens with zero attached hydrogens (tertiary/aromatic N) is 1. The van der Waals surface area contributed by atoms with Crippen molar-refractivity contribution in [3.63, 3.8) is 0 Å². The van der Waals surface area contributed by atoms with Crippen LogP contribution in [0.1, 0.15) is 18.4 Å². The Hall–Kier alpha value is -2.83. The van der Waals surface area contributed by atoms with E-state index in [1.165, 1.54) is 12.1 Å². The Balaban J connectivity index is 1.96. The van der Waals surface area contributed by atoms with Gasteiger partial charge in [-0.1, -0.05) is 12.1 Å². The summed E-state index contributed by atoms with van der Waals surface area (Å²) in [4.78, 5) is 50.1. The first-order valence-corrected chi connectivity index (χ1v) is 10.7. The third-order valence-corrected chi connectivity index (χ3v) is 5.53. The predicted molar refractivity (Wildman–Crippen MR) is 117 cm³/mol. The summed E-state index contributed by atoms with van der Waals surface area (Å²) in [6.07, 6.45) is 0.959. The van der Waals surface area contributed by atoms with Crippen LogP contribution in [0.15, 0.2) is 24.3 Å². The Bertz CT molecular complexity index is 836. The highest BCUT2D eigenvalue weighted by Crippen LogP contribution is 2.18. The quantitative estimate of drug-likeness (QED) is 0.197. The van der Waals surface area contributed by atoms with E-state index in [0.29, 0.717) is 18.4 Å². The average molecular weight is 469 g/mol. The molecule has 4 atom stereocenters. The molecule has 0 aromatic heterocycles. The van der Waals surface area contributed by atoms with Gasteiger partial charge in [-0.3, -0.25) is 14.4 Å². The second-order valence-electron chi connectivity index (χ2n) is 7.49. The molecule has 0 saturated carbocycles. The number of carboxylic acids is 1. The second-order valence-corrected chi connectivity index (χ2v) is 7.86. The number of phenols is 1. The lowest BCUT2D eigenvalue weighted by atomic mass is 10.1. The molecule has 4 unspecified atom stereocenters. The highest BCUT2D eigenvalue weighted by atomic mass is 32.1. The Morgan fingerprint density at radius 1 is 1.12 bits per heavy atom. The van der Waals surface area contributed by atoms with E-state index in [2.05, 4.69) is 23.3 Å². The molecular weight excluding hydrogens is 440 g/mol. The minimum absolute atomic E-state index is 0.0789. The number of nitrogens with two attached hydrogens (primary N) is 1. The van der Waals surface area contributed by atoms with Crippen molar-refractivity contribution in [2.24, 2.45) is 5.73 Å². The number of benzene rings is 1. The summed E-state index contributed by atoms with van der Waals surface area (Å²) in [5, 5.41) is 33.0. The number of carboxylic acid groups (broad SMARTS) is 1. The third kappa shape index (κ3) is 6.58. The second kappa shape index (κ2) is 11.7. The minimum Gasteiger partial charge on any atom is -0.508 e.